The maximum absolute atomic E-state index is 12.5. The Labute approximate surface area is 177 Å². The molecule has 1 atom stereocenters. The number of hydrogen-bond acceptors (Lipinski definition) is 6. The largest absolute Gasteiger partial charge is 0.452 e. The Hall–Kier alpha value is -3.33. The maximum atomic E-state index is 12.5. The van der Waals surface area contributed by atoms with Crippen molar-refractivity contribution in [3.63, 3.8) is 0 Å². The number of urea groups is 1. The van der Waals surface area contributed by atoms with Gasteiger partial charge in [0, 0.05) is 16.3 Å². The molecule has 3 rings (SSSR count). The van der Waals surface area contributed by atoms with E-state index in [0.717, 1.165) is 5.56 Å². The van der Waals surface area contributed by atoms with Crippen molar-refractivity contribution in [2.75, 3.05) is 17.7 Å². The molecule has 1 fully saturated rings. The lowest BCUT2D eigenvalue weighted by Crippen LogP contribution is -2.46. The van der Waals surface area contributed by atoms with E-state index in [1.54, 1.807) is 43.3 Å². The summed E-state index contributed by atoms with van der Waals surface area (Å²) in [5.41, 5.74) is 0.880. The van der Waals surface area contributed by atoms with Crippen molar-refractivity contribution < 1.29 is 23.9 Å². The zero-order chi connectivity index (χ0) is 21.7. The first-order chi connectivity index (χ1) is 14.3. The third-order valence-corrected chi connectivity index (χ3v) is 5.80. The summed E-state index contributed by atoms with van der Waals surface area (Å²) >= 11 is 1.24. The number of ether oxygens (including phenoxy) is 1. The maximum Gasteiger partial charge on any atom is 0.339 e. The van der Waals surface area contributed by atoms with Crippen LogP contribution in [0.25, 0.3) is 0 Å². The topological polar surface area (TPSA) is 114 Å². The summed E-state index contributed by atoms with van der Waals surface area (Å²) in [5, 5.41) is 7.44. The van der Waals surface area contributed by atoms with Crippen LogP contribution in [0, 0.1) is 6.92 Å². The molecule has 4 amide bonds. The summed E-state index contributed by atoms with van der Waals surface area (Å²) < 4.78 is 5.15. The van der Waals surface area contributed by atoms with Crippen LogP contribution in [0.5, 0.6) is 0 Å². The standard InChI is InChI=1S/C21H21N3O5S/c1-13-7-9-14(10-8-13)22-17(25)11-29-18(26)15-5-3-4-6-16(15)30-12-21(2)19(27)23-20(28)24-21/h3-10H,11-12H2,1-2H3,(H,22,25)(H2,23,24,27,28)/t21-/m1/s1. The molecular weight excluding hydrogens is 406 g/mol. The molecule has 2 aromatic carbocycles. The van der Waals surface area contributed by atoms with Crippen molar-refractivity contribution in [2.24, 2.45) is 0 Å². The van der Waals surface area contributed by atoms with Gasteiger partial charge in [-0.1, -0.05) is 29.8 Å². The van der Waals surface area contributed by atoms with Crippen LogP contribution in [-0.2, 0) is 14.3 Å². The Kier molecular flexibility index (Phi) is 6.41. The number of nitrogens with one attached hydrogen (secondary N) is 3. The van der Waals surface area contributed by atoms with E-state index in [-0.39, 0.29) is 11.3 Å². The molecule has 0 aliphatic carbocycles. The Morgan fingerprint density at radius 1 is 1.10 bits per heavy atom. The van der Waals surface area contributed by atoms with Crippen LogP contribution in [0.1, 0.15) is 22.8 Å². The number of imide groups is 1. The number of thioether (sulfide) groups is 1. The van der Waals surface area contributed by atoms with Crippen molar-refractivity contribution in [3.8, 4) is 0 Å². The molecule has 0 radical (unpaired) electrons. The van der Waals surface area contributed by atoms with Crippen LogP contribution in [0.3, 0.4) is 0 Å². The summed E-state index contributed by atoms with van der Waals surface area (Å²) in [5.74, 6) is -1.30. The summed E-state index contributed by atoms with van der Waals surface area (Å²) in [4.78, 5) is 48.5. The number of hydrogen-bond donors (Lipinski definition) is 3. The molecule has 156 valence electrons. The highest BCUT2D eigenvalue weighted by molar-refractivity contribution is 7.99. The Bertz CT molecular complexity index is 992. The van der Waals surface area contributed by atoms with Gasteiger partial charge in [-0.25, -0.2) is 9.59 Å². The van der Waals surface area contributed by atoms with E-state index in [4.69, 9.17) is 4.74 Å². The lowest BCUT2D eigenvalue weighted by atomic mass is 10.1. The van der Waals surface area contributed by atoms with Gasteiger partial charge in [-0.15, -0.1) is 11.8 Å². The quantitative estimate of drug-likeness (QED) is 0.355. The van der Waals surface area contributed by atoms with Crippen LogP contribution >= 0.6 is 11.8 Å². The molecule has 0 unspecified atom stereocenters. The highest BCUT2D eigenvalue weighted by Gasteiger charge is 2.41. The molecule has 2 aromatic rings. The van der Waals surface area contributed by atoms with Gasteiger partial charge in [0.1, 0.15) is 5.54 Å². The monoisotopic (exact) mass is 427 g/mol. The number of rotatable bonds is 7. The molecule has 30 heavy (non-hydrogen) atoms. The second-order valence-corrected chi connectivity index (χ2v) is 8.03. The molecule has 0 spiro atoms. The summed E-state index contributed by atoms with van der Waals surface area (Å²) in [7, 11) is 0. The predicted molar refractivity (Wildman–Crippen MR) is 112 cm³/mol. The minimum atomic E-state index is -1.08. The summed E-state index contributed by atoms with van der Waals surface area (Å²) in [6, 6.07) is 13.4. The summed E-state index contributed by atoms with van der Waals surface area (Å²) in [6.45, 7) is 3.12. The molecule has 1 heterocycles. The van der Waals surface area contributed by atoms with E-state index >= 15 is 0 Å². The second-order valence-electron chi connectivity index (χ2n) is 7.02. The van der Waals surface area contributed by atoms with Crippen LogP contribution in [0.15, 0.2) is 53.4 Å². The normalized spacial score (nSPS) is 17.8. The van der Waals surface area contributed by atoms with Crippen molar-refractivity contribution in [1.82, 2.24) is 10.6 Å². The Morgan fingerprint density at radius 2 is 1.80 bits per heavy atom. The van der Waals surface area contributed by atoms with E-state index < -0.39 is 36.0 Å². The van der Waals surface area contributed by atoms with Gasteiger partial charge in [-0.05, 0) is 38.1 Å². The molecule has 0 saturated carbocycles. The highest BCUT2D eigenvalue weighted by atomic mass is 32.2. The van der Waals surface area contributed by atoms with Gasteiger partial charge in [0.25, 0.3) is 11.8 Å². The fourth-order valence-corrected chi connectivity index (χ4v) is 3.84. The van der Waals surface area contributed by atoms with Gasteiger partial charge in [0.2, 0.25) is 0 Å². The van der Waals surface area contributed by atoms with Crippen LogP contribution in [0.2, 0.25) is 0 Å². The molecule has 1 saturated heterocycles. The lowest BCUT2D eigenvalue weighted by molar-refractivity contribution is -0.122. The SMILES string of the molecule is Cc1ccc(NC(=O)COC(=O)c2ccccc2SC[C@@]2(C)NC(=O)NC2=O)cc1. The minimum Gasteiger partial charge on any atom is -0.452 e. The zero-order valence-electron chi connectivity index (χ0n) is 16.5. The smallest absolute Gasteiger partial charge is 0.339 e. The van der Waals surface area contributed by atoms with E-state index in [1.807, 2.05) is 19.1 Å². The van der Waals surface area contributed by atoms with Crippen LogP contribution in [0.4, 0.5) is 10.5 Å². The first kappa shape index (κ1) is 21.4. The fraction of sp³-hybridized carbons (Fsp3) is 0.238. The molecular formula is C21H21N3O5S. The van der Waals surface area contributed by atoms with Gasteiger partial charge in [0.05, 0.1) is 5.56 Å². The number of amides is 4. The number of carbonyl (C=O) groups excluding carboxylic acids is 4. The number of esters is 1. The molecule has 0 bridgehead atoms. The summed E-state index contributed by atoms with van der Waals surface area (Å²) in [6.07, 6.45) is 0. The van der Waals surface area contributed by atoms with Gasteiger partial charge in [-0.2, -0.15) is 0 Å². The lowest BCUT2D eigenvalue weighted by Gasteiger charge is -2.20. The molecule has 3 N–H and O–H groups in total. The van der Waals surface area contributed by atoms with Crippen molar-refractivity contribution >= 4 is 41.3 Å². The van der Waals surface area contributed by atoms with Crippen molar-refractivity contribution in [1.29, 1.82) is 0 Å². The Morgan fingerprint density at radius 3 is 2.47 bits per heavy atom. The first-order valence-corrected chi connectivity index (χ1v) is 10.1. The number of anilines is 1. The average Bonchev–Trinajstić information content (AvgIpc) is 2.98. The zero-order valence-corrected chi connectivity index (χ0v) is 17.3. The second kappa shape index (κ2) is 9.00. The van der Waals surface area contributed by atoms with Gasteiger partial charge in [0.15, 0.2) is 6.61 Å². The minimum absolute atomic E-state index is 0.225. The fourth-order valence-electron chi connectivity index (χ4n) is 2.71. The average molecular weight is 427 g/mol. The van der Waals surface area contributed by atoms with E-state index in [1.165, 1.54) is 11.8 Å². The molecule has 1 aliphatic heterocycles. The molecule has 9 heteroatoms. The molecule has 8 nitrogen and oxygen atoms in total. The van der Waals surface area contributed by atoms with Gasteiger partial charge in [-0.3, -0.25) is 14.9 Å². The van der Waals surface area contributed by atoms with Crippen LogP contribution < -0.4 is 16.0 Å². The first-order valence-electron chi connectivity index (χ1n) is 9.16. The number of benzene rings is 2. The van der Waals surface area contributed by atoms with Gasteiger partial charge >= 0.3 is 12.0 Å². The van der Waals surface area contributed by atoms with Gasteiger partial charge < -0.3 is 15.4 Å². The van der Waals surface area contributed by atoms with Crippen LogP contribution in [-0.4, -0.2) is 41.7 Å². The van der Waals surface area contributed by atoms with E-state index in [2.05, 4.69) is 16.0 Å². The highest BCUT2D eigenvalue weighted by Crippen LogP contribution is 2.28. The third kappa shape index (κ3) is 5.18. The number of aryl methyl sites for hydroxylation is 1. The predicted octanol–water partition coefficient (Wildman–Crippen LogP) is 2.48. The van der Waals surface area contributed by atoms with Crippen molar-refractivity contribution in [3.05, 3.63) is 59.7 Å². The number of carbonyl (C=O) groups is 4. The van der Waals surface area contributed by atoms with E-state index in [9.17, 15) is 19.2 Å². The van der Waals surface area contributed by atoms with E-state index in [0.29, 0.717) is 10.6 Å². The molecule has 1 aliphatic rings. The molecule has 0 aromatic heterocycles. The Balaban J connectivity index is 1.58. The van der Waals surface area contributed by atoms with Crippen molar-refractivity contribution in [2.45, 2.75) is 24.3 Å². The third-order valence-electron chi connectivity index (χ3n) is 4.41.